The molecule has 0 saturated carbocycles. The number of rotatable bonds is 3. The van der Waals surface area contributed by atoms with Gasteiger partial charge in [0.15, 0.2) is 5.96 Å². The number of aryl methyl sites for hydroxylation is 2. The van der Waals surface area contributed by atoms with Crippen molar-refractivity contribution in [3.8, 4) is 0 Å². The monoisotopic (exact) mass is 294 g/mol. The summed E-state index contributed by atoms with van der Waals surface area (Å²) in [6.45, 7) is 12.5. The molecule has 0 aliphatic carbocycles. The first-order valence-electron chi connectivity index (χ1n) is 7.56. The Labute approximate surface area is 126 Å². The second kappa shape index (κ2) is 7.07. The molecule has 0 aromatic carbocycles. The van der Waals surface area contributed by atoms with E-state index in [9.17, 15) is 0 Å². The molecule has 0 bridgehead atoms. The summed E-state index contributed by atoms with van der Waals surface area (Å²) >= 11 is 1.76. The van der Waals surface area contributed by atoms with Gasteiger partial charge in [0.1, 0.15) is 0 Å². The van der Waals surface area contributed by atoms with Crippen molar-refractivity contribution in [2.75, 3.05) is 19.6 Å². The summed E-state index contributed by atoms with van der Waals surface area (Å²) in [5, 5.41) is 4.56. The molecule has 0 radical (unpaired) electrons. The number of hydrogen-bond acceptors (Lipinski definition) is 3. The summed E-state index contributed by atoms with van der Waals surface area (Å²) in [7, 11) is 0. The van der Waals surface area contributed by atoms with Crippen molar-refractivity contribution in [2.24, 2.45) is 10.9 Å². The fourth-order valence-electron chi connectivity index (χ4n) is 2.67. The van der Waals surface area contributed by atoms with E-state index in [0.717, 1.165) is 48.8 Å². The molecular formula is C15H26N4S. The number of nitrogens with one attached hydrogen (secondary N) is 1. The smallest absolute Gasteiger partial charge is 0.194 e. The van der Waals surface area contributed by atoms with Gasteiger partial charge in [0, 0.05) is 24.5 Å². The number of guanidine groups is 1. The highest BCUT2D eigenvalue weighted by Crippen LogP contribution is 2.19. The summed E-state index contributed by atoms with van der Waals surface area (Å²) in [5.41, 5.74) is 1.12. The highest BCUT2D eigenvalue weighted by molar-refractivity contribution is 7.11. The van der Waals surface area contributed by atoms with E-state index < -0.39 is 0 Å². The van der Waals surface area contributed by atoms with Gasteiger partial charge in [-0.3, -0.25) is 0 Å². The van der Waals surface area contributed by atoms with Crippen LogP contribution in [0.4, 0.5) is 0 Å². The third-order valence-electron chi connectivity index (χ3n) is 3.66. The number of aliphatic imine (C=N–C) groups is 1. The zero-order chi connectivity index (χ0) is 14.5. The van der Waals surface area contributed by atoms with Gasteiger partial charge in [-0.2, -0.15) is 0 Å². The Hall–Kier alpha value is -1.10. The molecule has 5 heteroatoms. The molecule has 1 atom stereocenters. The van der Waals surface area contributed by atoms with E-state index >= 15 is 0 Å². The predicted molar refractivity (Wildman–Crippen MR) is 86.4 cm³/mol. The molecule has 1 aromatic heterocycles. The highest BCUT2D eigenvalue weighted by atomic mass is 32.1. The molecular weight excluding hydrogens is 268 g/mol. The molecule has 1 aromatic rings. The van der Waals surface area contributed by atoms with E-state index in [1.54, 1.807) is 11.3 Å². The Kier molecular flexibility index (Phi) is 5.40. The fourth-order valence-corrected chi connectivity index (χ4v) is 3.54. The number of thiazole rings is 1. The molecule has 1 N–H and O–H groups in total. The molecule has 1 saturated heterocycles. The van der Waals surface area contributed by atoms with Crippen LogP contribution in [0.1, 0.15) is 42.3 Å². The number of nitrogens with zero attached hydrogens (tertiary/aromatic N) is 3. The lowest BCUT2D eigenvalue weighted by atomic mass is 10.0. The Morgan fingerprint density at radius 3 is 2.90 bits per heavy atom. The van der Waals surface area contributed by atoms with Crippen LogP contribution in [0.25, 0.3) is 0 Å². The van der Waals surface area contributed by atoms with E-state index in [2.05, 4.69) is 42.9 Å². The van der Waals surface area contributed by atoms with Crippen molar-refractivity contribution in [3.63, 3.8) is 0 Å². The second-order valence-electron chi connectivity index (χ2n) is 5.61. The molecule has 1 aliphatic heterocycles. The van der Waals surface area contributed by atoms with E-state index in [-0.39, 0.29) is 0 Å². The number of piperidine rings is 1. The summed E-state index contributed by atoms with van der Waals surface area (Å²) < 4.78 is 0. The predicted octanol–water partition coefficient (Wildman–Crippen LogP) is 2.96. The standard InChI is InChI=1S/C15H26N4S/c1-5-16-15(19-8-6-7-11(2)10-19)17-9-14-12(3)18-13(4)20-14/h11H,5-10H2,1-4H3,(H,16,17). The van der Waals surface area contributed by atoms with Gasteiger partial charge in [0.05, 0.1) is 17.2 Å². The third kappa shape index (κ3) is 3.95. The SMILES string of the molecule is CCNC(=NCc1sc(C)nc1C)N1CCCC(C)C1. The van der Waals surface area contributed by atoms with E-state index in [4.69, 9.17) is 4.99 Å². The topological polar surface area (TPSA) is 40.5 Å². The lowest BCUT2D eigenvalue weighted by Gasteiger charge is -2.33. The molecule has 1 unspecified atom stereocenters. The van der Waals surface area contributed by atoms with Crippen molar-refractivity contribution in [3.05, 3.63) is 15.6 Å². The van der Waals surface area contributed by atoms with Crippen LogP contribution in [0, 0.1) is 19.8 Å². The van der Waals surface area contributed by atoms with Crippen molar-refractivity contribution >= 4 is 17.3 Å². The molecule has 1 fully saturated rings. The first-order chi connectivity index (χ1) is 9.60. The maximum Gasteiger partial charge on any atom is 0.194 e. The number of hydrogen-bond donors (Lipinski definition) is 1. The molecule has 1 aliphatic rings. The van der Waals surface area contributed by atoms with Gasteiger partial charge in [0.25, 0.3) is 0 Å². The first kappa shape index (κ1) is 15.3. The van der Waals surface area contributed by atoms with Crippen LogP contribution in [0.2, 0.25) is 0 Å². The number of aromatic nitrogens is 1. The summed E-state index contributed by atoms with van der Waals surface area (Å²) in [6.07, 6.45) is 2.60. The zero-order valence-electron chi connectivity index (χ0n) is 13.1. The van der Waals surface area contributed by atoms with Crippen LogP contribution >= 0.6 is 11.3 Å². The van der Waals surface area contributed by atoms with Crippen LogP contribution in [-0.4, -0.2) is 35.5 Å². The Balaban J connectivity index is 2.07. The van der Waals surface area contributed by atoms with Crippen molar-refractivity contribution in [1.29, 1.82) is 0 Å². The lowest BCUT2D eigenvalue weighted by Crippen LogP contribution is -2.46. The van der Waals surface area contributed by atoms with E-state index in [1.807, 2.05) is 0 Å². The van der Waals surface area contributed by atoms with Crippen LogP contribution < -0.4 is 5.32 Å². The number of likely N-dealkylation sites (tertiary alicyclic amines) is 1. The van der Waals surface area contributed by atoms with Crippen molar-refractivity contribution in [2.45, 2.75) is 47.1 Å². The van der Waals surface area contributed by atoms with Crippen LogP contribution in [0.15, 0.2) is 4.99 Å². The Bertz CT molecular complexity index is 466. The minimum absolute atomic E-state index is 0.741. The molecule has 20 heavy (non-hydrogen) atoms. The van der Waals surface area contributed by atoms with Gasteiger partial charge >= 0.3 is 0 Å². The molecule has 2 rings (SSSR count). The molecule has 112 valence electrons. The average Bonchev–Trinajstić information content (AvgIpc) is 2.73. The van der Waals surface area contributed by atoms with Gasteiger partial charge in [-0.1, -0.05) is 6.92 Å². The Morgan fingerprint density at radius 2 is 2.30 bits per heavy atom. The van der Waals surface area contributed by atoms with Gasteiger partial charge in [0.2, 0.25) is 0 Å². The minimum atomic E-state index is 0.741. The van der Waals surface area contributed by atoms with Crippen LogP contribution in [-0.2, 0) is 6.54 Å². The average molecular weight is 294 g/mol. The van der Waals surface area contributed by atoms with Gasteiger partial charge in [-0.25, -0.2) is 9.98 Å². The highest BCUT2D eigenvalue weighted by Gasteiger charge is 2.19. The summed E-state index contributed by atoms with van der Waals surface area (Å²) in [5.74, 6) is 1.82. The van der Waals surface area contributed by atoms with Gasteiger partial charge in [-0.05, 0) is 39.5 Å². The van der Waals surface area contributed by atoms with Crippen LogP contribution in [0.3, 0.4) is 0 Å². The third-order valence-corrected chi connectivity index (χ3v) is 4.72. The molecule has 4 nitrogen and oxygen atoms in total. The van der Waals surface area contributed by atoms with Crippen molar-refractivity contribution in [1.82, 2.24) is 15.2 Å². The van der Waals surface area contributed by atoms with Crippen LogP contribution in [0.5, 0.6) is 0 Å². The largest absolute Gasteiger partial charge is 0.357 e. The van der Waals surface area contributed by atoms with E-state index in [0.29, 0.717) is 0 Å². The molecule has 2 heterocycles. The van der Waals surface area contributed by atoms with E-state index in [1.165, 1.54) is 17.7 Å². The maximum atomic E-state index is 4.82. The lowest BCUT2D eigenvalue weighted by molar-refractivity contribution is 0.266. The quantitative estimate of drug-likeness (QED) is 0.688. The van der Waals surface area contributed by atoms with Gasteiger partial charge in [-0.15, -0.1) is 11.3 Å². The summed E-state index contributed by atoms with van der Waals surface area (Å²) in [4.78, 5) is 13.0. The maximum absolute atomic E-state index is 4.82. The van der Waals surface area contributed by atoms with Crippen molar-refractivity contribution < 1.29 is 0 Å². The summed E-state index contributed by atoms with van der Waals surface area (Å²) in [6, 6.07) is 0. The molecule has 0 spiro atoms. The Morgan fingerprint density at radius 1 is 1.50 bits per heavy atom. The minimum Gasteiger partial charge on any atom is -0.357 e. The second-order valence-corrected chi connectivity index (χ2v) is 6.89. The van der Waals surface area contributed by atoms with Gasteiger partial charge < -0.3 is 10.2 Å². The molecule has 0 amide bonds. The zero-order valence-corrected chi connectivity index (χ0v) is 13.9. The fraction of sp³-hybridized carbons (Fsp3) is 0.733. The first-order valence-corrected chi connectivity index (χ1v) is 8.38. The normalized spacial score (nSPS) is 20.3.